The van der Waals surface area contributed by atoms with Gasteiger partial charge in [-0.1, -0.05) is 6.92 Å². The summed E-state index contributed by atoms with van der Waals surface area (Å²) >= 11 is 0. The Labute approximate surface area is 126 Å². The van der Waals surface area contributed by atoms with E-state index in [1.807, 2.05) is 0 Å². The molecule has 1 N–H and O–H groups in total. The SMILES string of the molecule is CC1CCC(OC(C)C(=O)Nc2ccc(C#N)cc2)CC1. The van der Waals surface area contributed by atoms with Crippen molar-refractivity contribution in [2.75, 3.05) is 5.32 Å². The predicted octanol–water partition coefficient (Wildman–Crippen LogP) is 3.48. The number of nitrogens with one attached hydrogen (secondary N) is 1. The summed E-state index contributed by atoms with van der Waals surface area (Å²) in [5, 5.41) is 11.6. The first-order valence-electron chi connectivity index (χ1n) is 7.55. The van der Waals surface area contributed by atoms with Crippen molar-refractivity contribution in [1.82, 2.24) is 0 Å². The van der Waals surface area contributed by atoms with Gasteiger partial charge < -0.3 is 10.1 Å². The minimum atomic E-state index is -0.459. The van der Waals surface area contributed by atoms with Crippen LogP contribution in [0.5, 0.6) is 0 Å². The third-order valence-corrected chi connectivity index (χ3v) is 4.01. The molecule has 1 fully saturated rings. The Kier molecular flexibility index (Phi) is 5.35. The number of hydrogen-bond acceptors (Lipinski definition) is 3. The Morgan fingerprint density at radius 1 is 1.29 bits per heavy atom. The van der Waals surface area contributed by atoms with Crippen molar-refractivity contribution in [3.05, 3.63) is 29.8 Å². The Bertz CT molecular complexity index is 511. The zero-order valence-corrected chi connectivity index (χ0v) is 12.6. The Hall–Kier alpha value is -1.86. The summed E-state index contributed by atoms with van der Waals surface area (Å²) in [7, 11) is 0. The first kappa shape index (κ1) is 15.5. The van der Waals surface area contributed by atoms with Gasteiger partial charge in [-0.15, -0.1) is 0 Å². The summed E-state index contributed by atoms with van der Waals surface area (Å²) in [6.45, 7) is 4.05. The number of nitrogens with zero attached hydrogens (tertiary/aromatic N) is 1. The lowest BCUT2D eigenvalue weighted by atomic mass is 9.89. The highest BCUT2D eigenvalue weighted by Crippen LogP contribution is 2.26. The molecule has 112 valence electrons. The maximum atomic E-state index is 12.1. The van der Waals surface area contributed by atoms with E-state index in [0.717, 1.165) is 18.8 Å². The molecular formula is C17H22N2O2. The largest absolute Gasteiger partial charge is 0.365 e. The Morgan fingerprint density at radius 3 is 2.48 bits per heavy atom. The number of ether oxygens (including phenoxy) is 1. The molecule has 1 aromatic carbocycles. The highest BCUT2D eigenvalue weighted by molar-refractivity contribution is 5.93. The topological polar surface area (TPSA) is 62.1 Å². The molecule has 1 aliphatic rings. The van der Waals surface area contributed by atoms with Crippen molar-refractivity contribution in [3.63, 3.8) is 0 Å². The molecule has 1 saturated carbocycles. The van der Waals surface area contributed by atoms with E-state index in [9.17, 15) is 4.79 Å². The Balaban J connectivity index is 1.83. The monoisotopic (exact) mass is 286 g/mol. The lowest BCUT2D eigenvalue weighted by molar-refractivity contribution is -0.131. The van der Waals surface area contributed by atoms with Gasteiger partial charge in [0.05, 0.1) is 17.7 Å². The van der Waals surface area contributed by atoms with Gasteiger partial charge in [0, 0.05) is 5.69 Å². The maximum Gasteiger partial charge on any atom is 0.253 e. The number of benzene rings is 1. The van der Waals surface area contributed by atoms with Crippen LogP contribution in [-0.4, -0.2) is 18.1 Å². The van der Waals surface area contributed by atoms with E-state index >= 15 is 0 Å². The summed E-state index contributed by atoms with van der Waals surface area (Å²) in [5.74, 6) is 0.631. The van der Waals surface area contributed by atoms with Crippen molar-refractivity contribution < 1.29 is 9.53 Å². The van der Waals surface area contributed by atoms with Gasteiger partial charge in [0.1, 0.15) is 6.10 Å². The highest BCUT2D eigenvalue weighted by Gasteiger charge is 2.23. The fraction of sp³-hybridized carbons (Fsp3) is 0.529. The minimum absolute atomic E-state index is 0.140. The van der Waals surface area contributed by atoms with Gasteiger partial charge in [-0.3, -0.25) is 4.79 Å². The summed E-state index contributed by atoms with van der Waals surface area (Å²) in [5.41, 5.74) is 1.26. The number of hydrogen-bond donors (Lipinski definition) is 1. The molecule has 4 nitrogen and oxygen atoms in total. The molecule has 0 aliphatic heterocycles. The summed E-state index contributed by atoms with van der Waals surface area (Å²) in [6.07, 6.45) is 4.16. The van der Waals surface area contributed by atoms with Gasteiger partial charge in [0.15, 0.2) is 0 Å². The van der Waals surface area contributed by atoms with Crippen LogP contribution in [0.2, 0.25) is 0 Å². The summed E-state index contributed by atoms with van der Waals surface area (Å²) in [4.78, 5) is 12.1. The van der Waals surface area contributed by atoms with Gasteiger partial charge >= 0.3 is 0 Å². The Morgan fingerprint density at radius 2 is 1.90 bits per heavy atom. The number of amides is 1. The van der Waals surface area contributed by atoms with Crippen LogP contribution >= 0.6 is 0 Å². The molecule has 1 aliphatic carbocycles. The lowest BCUT2D eigenvalue weighted by Gasteiger charge is -2.28. The van der Waals surface area contributed by atoms with Crippen molar-refractivity contribution in [1.29, 1.82) is 5.26 Å². The van der Waals surface area contributed by atoms with Gasteiger partial charge in [0.2, 0.25) is 0 Å². The molecule has 1 atom stereocenters. The van der Waals surface area contributed by atoms with E-state index < -0.39 is 6.10 Å². The predicted molar refractivity (Wildman–Crippen MR) is 81.8 cm³/mol. The molecular weight excluding hydrogens is 264 g/mol. The van der Waals surface area contributed by atoms with Crippen LogP contribution in [0.15, 0.2) is 24.3 Å². The summed E-state index contributed by atoms with van der Waals surface area (Å²) < 4.78 is 5.85. The number of nitriles is 1. The third-order valence-electron chi connectivity index (χ3n) is 4.01. The van der Waals surface area contributed by atoms with Crippen LogP contribution in [0, 0.1) is 17.2 Å². The van der Waals surface area contributed by atoms with Gasteiger partial charge in [0.25, 0.3) is 5.91 Å². The third kappa shape index (κ3) is 4.57. The zero-order valence-electron chi connectivity index (χ0n) is 12.6. The van der Waals surface area contributed by atoms with Gasteiger partial charge in [-0.2, -0.15) is 5.26 Å². The van der Waals surface area contributed by atoms with Crippen LogP contribution in [0.4, 0.5) is 5.69 Å². The molecule has 2 rings (SSSR count). The van der Waals surface area contributed by atoms with Gasteiger partial charge in [-0.25, -0.2) is 0 Å². The molecule has 1 amide bonds. The van der Waals surface area contributed by atoms with Gasteiger partial charge in [-0.05, 0) is 62.8 Å². The number of anilines is 1. The standard InChI is InChI=1S/C17H22N2O2/c1-12-3-9-16(10-4-12)21-13(2)17(20)19-15-7-5-14(11-18)6-8-15/h5-8,12-13,16H,3-4,9-10H2,1-2H3,(H,19,20). The molecule has 0 saturated heterocycles. The highest BCUT2D eigenvalue weighted by atomic mass is 16.5. The van der Waals surface area contributed by atoms with Crippen molar-refractivity contribution in [2.45, 2.75) is 51.7 Å². The van der Waals surface area contributed by atoms with E-state index in [1.165, 1.54) is 12.8 Å². The second kappa shape index (κ2) is 7.24. The number of carbonyl (C=O) groups is 1. The van der Waals surface area contributed by atoms with E-state index in [0.29, 0.717) is 11.3 Å². The van der Waals surface area contributed by atoms with Crippen LogP contribution in [0.3, 0.4) is 0 Å². The van der Waals surface area contributed by atoms with Crippen molar-refractivity contribution in [3.8, 4) is 6.07 Å². The number of carbonyl (C=O) groups excluding carboxylic acids is 1. The molecule has 21 heavy (non-hydrogen) atoms. The average molecular weight is 286 g/mol. The molecule has 1 aromatic rings. The fourth-order valence-corrected chi connectivity index (χ4v) is 2.59. The zero-order chi connectivity index (χ0) is 15.2. The molecule has 1 unspecified atom stereocenters. The first-order chi connectivity index (χ1) is 10.1. The molecule has 0 spiro atoms. The van der Waals surface area contributed by atoms with Crippen LogP contribution in [0.1, 0.15) is 45.1 Å². The second-order valence-corrected chi connectivity index (χ2v) is 5.84. The smallest absolute Gasteiger partial charge is 0.253 e. The lowest BCUT2D eigenvalue weighted by Crippen LogP contribution is -2.33. The summed E-state index contributed by atoms with van der Waals surface area (Å²) in [6, 6.07) is 8.87. The van der Waals surface area contributed by atoms with E-state index in [1.54, 1.807) is 31.2 Å². The molecule has 0 bridgehead atoms. The quantitative estimate of drug-likeness (QED) is 0.921. The maximum absolute atomic E-state index is 12.1. The average Bonchev–Trinajstić information content (AvgIpc) is 2.50. The van der Waals surface area contributed by atoms with Crippen molar-refractivity contribution in [2.24, 2.45) is 5.92 Å². The number of rotatable bonds is 4. The van der Waals surface area contributed by atoms with E-state index in [2.05, 4.69) is 18.3 Å². The minimum Gasteiger partial charge on any atom is -0.365 e. The molecule has 0 radical (unpaired) electrons. The van der Waals surface area contributed by atoms with Crippen LogP contribution < -0.4 is 5.32 Å². The van der Waals surface area contributed by atoms with Crippen molar-refractivity contribution >= 4 is 11.6 Å². The molecule has 0 heterocycles. The normalized spacial score (nSPS) is 23.1. The van der Waals surface area contributed by atoms with Crippen LogP contribution in [0.25, 0.3) is 0 Å². The van der Waals surface area contributed by atoms with E-state index in [-0.39, 0.29) is 12.0 Å². The second-order valence-electron chi connectivity index (χ2n) is 5.84. The van der Waals surface area contributed by atoms with Crippen LogP contribution in [-0.2, 0) is 9.53 Å². The first-order valence-corrected chi connectivity index (χ1v) is 7.55. The van der Waals surface area contributed by atoms with E-state index in [4.69, 9.17) is 10.00 Å². The molecule has 0 aromatic heterocycles. The fourth-order valence-electron chi connectivity index (χ4n) is 2.59. The molecule has 4 heteroatoms.